The SMILES string of the molecule is Cc1cccn2cc(C[S@](=O)Cc3nc(-c4ccoc4)no3)nc12. The van der Waals surface area contributed by atoms with Gasteiger partial charge in [0.15, 0.2) is 0 Å². The van der Waals surface area contributed by atoms with Crippen LogP contribution in [0.2, 0.25) is 0 Å². The van der Waals surface area contributed by atoms with Gasteiger partial charge < -0.3 is 13.3 Å². The third kappa shape index (κ3) is 2.88. The fraction of sp³-hybridized carbons (Fsp3) is 0.188. The van der Waals surface area contributed by atoms with Crippen LogP contribution in [-0.4, -0.2) is 23.7 Å². The largest absolute Gasteiger partial charge is 0.472 e. The lowest BCUT2D eigenvalue weighted by atomic mass is 10.3. The van der Waals surface area contributed by atoms with Crippen LogP contribution in [0.1, 0.15) is 17.1 Å². The van der Waals surface area contributed by atoms with E-state index >= 15 is 0 Å². The molecule has 0 N–H and O–H groups in total. The van der Waals surface area contributed by atoms with Crippen molar-refractivity contribution in [2.24, 2.45) is 0 Å². The van der Waals surface area contributed by atoms with Crippen LogP contribution in [0, 0.1) is 6.92 Å². The molecule has 0 aliphatic carbocycles. The summed E-state index contributed by atoms with van der Waals surface area (Å²) in [6.07, 6.45) is 6.89. The Morgan fingerprint density at radius 3 is 2.96 bits per heavy atom. The molecule has 0 unspecified atom stereocenters. The summed E-state index contributed by atoms with van der Waals surface area (Å²) in [5, 5.41) is 3.86. The van der Waals surface area contributed by atoms with Gasteiger partial charge in [-0.1, -0.05) is 11.2 Å². The highest BCUT2D eigenvalue weighted by Gasteiger charge is 2.14. The quantitative estimate of drug-likeness (QED) is 0.554. The molecule has 122 valence electrons. The summed E-state index contributed by atoms with van der Waals surface area (Å²) in [5.74, 6) is 1.30. The fourth-order valence-corrected chi connectivity index (χ4v) is 3.41. The molecule has 0 saturated carbocycles. The Bertz CT molecular complexity index is 1000. The molecule has 0 amide bonds. The number of fused-ring (bicyclic) bond motifs is 1. The van der Waals surface area contributed by atoms with Crippen LogP contribution in [0.5, 0.6) is 0 Å². The van der Waals surface area contributed by atoms with Crippen molar-refractivity contribution in [2.45, 2.75) is 18.4 Å². The molecular weight excluding hydrogens is 328 g/mol. The predicted octanol–water partition coefficient (Wildman–Crippen LogP) is 2.73. The standard InChI is InChI=1S/C16H14N4O3S/c1-11-3-2-5-20-7-13(17-16(11)20)9-24(21)10-14-18-15(19-23-14)12-4-6-22-8-12/h2-8H,9-10H2,1H3/t24-/m0/s1. The summed E-state index contributed by atoms with van der Waals surface area (Å²) in [4.78, 5) is 8.77. The number of aryl methyl sites for hydroxylation is 1. The Hall–Kier alpha value is -2.74. The van der Waals surface area contributed by atoms with Crippen molar-refractivity contribution in [1.82, 2.24) is 19.5 Å². The van der Waals surface area contributed by atoms with Gasteiger partial charge in [-0.25, -0.2) is 4.98 Å². The molecule has 0 saturated heterocycles. The van der Waals surface area contributed by atoms with Gasteiger partial charge >= 0.3 is 0 Å². The van der Waals surface area contributed by atoms with Gasteiger partial charge in [0.2, 0.25) is 11.7 Å². The maximum atomic E-state index is 12.4. The molecule has 0 aliphatic heterocycles. The van der Waals surface area contributed by atoms with E-state index in [2.05, 4.69) is 15.1 Å². The number of furan rings is 1. The van der Waals surface area contributed by atoms with Gasteiger partial charge in [0.1, 0.15) is 17.7 Å². The highest BCUT2D eigenvalue weighted by molar-refractivity contribution is 7.83. The van der Waals surface area contributed by atoms with Crippen LogP contribution < -0.4 is 0 Å². The lowest BCUT2D eigenvalue weighted by molar-refractivity contribution is 0.390. The zero-order valence-electron chi connectivity index (χ0n) is 12.9. The molecule has 0 radical (unpaired) electrons. The van der Waals surface area contributed by atoms with Gasteiger partial charge in [-0.05, 0) is 24.6 Å². The molecule has 4 heterocycles. The smallest absolute Gasteiger partial charge is 0.239 e. The van der Waals surface area contributed by atoms with Crippen molar-refractivity contribution in [3.63, 3.8) is 0 Å². The molecule has 24 heavy (non-hydrogen) atoms. The van der Waals surface area contributed by atoms with Crippen LogP contribution in [-0.2, 0) is 22.3 Å². The van der Waals surface area contributed by atoms with Crippen LogP contribution >= 0.6 is 0 Å². The fourth-order valence-electron chi connectivity index (χ4n) is 2.45. The minimum Gasteiger partial charge on any atom is -0.472 e. The Labute approximate surface area is 139 Å². The number of rotatable bonds is 5. The summed E-state index contributed by atoms with van der Waals surface area (Å²) in [5.41, 5.74) is 3.46. The van der Waals surface area contributed by atoms with Gasteiger partial charge in [0.05, 0.1) is 23.3 Å². The lowest BCUT2D eigenvalue weighted by Crippen LogP contribution is -2.00. The maximum absolute atomic E-state index is 12.4. The van der Waals surface area contributed by atoms with Gasteiger partial charge in [0, 0.05) is 23.2 Å². The molecule has 0 aliphatic rings. The highest BCUT2D eigenvalue weighted by Crippen LogP contribution is 2.17. The van der Waals surface area contributed by atoms with Gasteiger partial charge in [-0.3, -0.25) is 4.21 Å². The summed E-state index contributed by atoms with van der Waals surface area (Å²) in [6.45, 7) is 2.00. The minimum absolute atomic E-state index is 0.192. The zero-order valence-corrected chi connectivity index (χ0v) is 13.7. The summed E-state index contributed by atoms with van der Waals surface area (Å²) in [7, 11) is -1.18. The molecule has 4 aromatic rings. The third-order valence-corrected chi connectivity index (χ3v) is 4.76. The average molecular weight is 342 g/mol. The molecule has 4 rings (SSSR count). The number of imidazole rings is 1. The molecule has 7 nitrogen and oxygen atoms in total. The Kier molecular flexibility index (Phi) is 3.73. The number of pyridine rings is 1. The van der Waals surface area contributed by atoms with E-state index in [0.717, 1.165) is 22.5 Å². The number of aromatic nitrogens is 4. The Morgan fingerprint density at radius 2 is 2.17 bits per heavy atom. The molecule has 1 atom stereocenters. The van der Waals surface area contributed by atoms with E-state index in [1.807, 2.05) is 35.9 Å². The Morgan fingerprint density at radius 1 is 1.25 bits per heavy atom. The zero-order chi connectivity index (χ0) is 16.5. The molecule has 0 bridgehead atoms. The topological polar surface area (TPSA) is 86.4 Å². The first kappa shape index (κ1) is 14.8. The van der Waals surface area contributed by atoms with Crippen molar-refractivity contribution in [3.05, 3.63) is 60.3 Å². The maximum Gasteiger partial charge on any atom is 0.239 e. The second-order valence-electron chi connectivity index (χ2n) is 5.41. The number of nitrogens with zero attached hydrogens (tertiary/aromatic N) is 4. The van der Waals surface area contributed by atoms with Gasteiger partial charge in [-0.15, -0.1) is 0 Å². The summed E-state index contributed by atoms with van der Waals surface area (Å²) >= 11 is 0. The predicted molar refractivity (Wildman–Crippen MR) is 87.5 cm³/mol. The van der Waals surface area contributed by atoms with Crippen molar-refractivity contribution in [1.29, 1.82) is 0 Å². The van der Waals surface area contributed by atoms with Crippen molar-refractivity contribution in [3.8, 4) is 11.4 Å². The first-order valence-electron chi connectivity index (χ1n) is 7.32. The van der Waals surface area contributed by atoms with E-state index in [4.69, 9.17) is 8.94 Å². The third-order valence-electron chi connectivity index (χ3n) is 3.57. The summed E-state index contributed by atoms with van der Waals surface area (Å²) in [6, 6.07) is 5.70. The monoisotopic (exact) mass is 342 g/mol. The molecule has 0 fully saturated rings. The van der Waals surface area contributed by atoms with E-state index in [1.54, 1.807) is 6.07 Å². The normalized spacial score (nSPS) is 12.7. The molecule has 0 spiro atoms. The van der Waals surface area contributed by atoms with Crippen LogP contribution in [0.15, 0.2) is 52.1 Å². The van der Waals surface area contributed by atoms with Crippen molar-refractivity contribution < 1.29 is 13.1 Å². The lowest BCUT2D eigenvalue weighted by Gasteiger charge is -1.95. The van der Waals surface area contributed by atoms with Gasteiger partial charge in [0.25, 0.3) is 0 Å². The van der Waals surface area contributed by atoms with Crippen molar-refractivity contribution in [2.75, 3.05) is 0 Å². The second-order valence-corrected chi connectivity index (χ2v) is 6.86. The molecular formula is C16H14N4O3S. The van der Waals surface area contributed by atoms with E-state index in [-0.39, 0.29) is 5.75 Å². The first-order valence-corrected chi connectivity index (χ1v) is 8.81. The second kappa shape index (κ2) is 6.04. The van der Waals surface area contributed by atoms with E-state index < -0.39 is 10.8 Å². The molecule has 8 heteroatoms. The average Bonchev–Trinajstić information content (AvgIpc) is 3.26. The van der Waals surface area contributed by atoms with E-state index in [0.29, 0.717) is 17.5 Å². The first-order chi connectivity index (χ1) is 11.7. The Balaban J connectivity index is 1.47. The number of hydrogen-bond donors (Lipinski definition) is 0. The highest BCUT2D eigenvalue weighted by atomic mass is 32.2. The van der Waals surface area contributed by atoms with Crippen LogP contribution in [0.25, 0.3) is 17.0 Å². The molecule has 0 aromatic carbocycles. The van der Waals surface area contributed by atoms with Gasteiger partial charge in [-0.2, -0.15) is 4.98 Å². The molecule has 4 aromatic heterocycles. The summed E-state index contributed by atoms with van der Waals surface area (Å²) < 4.78 is 24.4. The van der Waals surface area contributed by atoms with Crippen LogP contribution in [0.3, 0.4) is 0 Å². The van der Waals surface area contributed by atoms with Crippen molar-refractivity contribution >= 4 is 16.4 Å². The van der Waals surface area contributed by atoms with E-state index in [1.165, 1.54) is 12.5 Å². The van der Waals surface area contributed by atoms with Crippen LogP contribution in [0.4, 0.5) is 0 Å². The van der Waals surface area contributed by atoms with E-state index in [9.17, 15) is 4.21 Å². The number of hydrogen-bond acceptors (Lipinski definition) is 6. The minimum atomic E-state index is -1.18.